The van der Waals surface area contributed by atoms with Crippen molar-refractivity contribution in [3.8, 4) is 12.3 Å². The molecule has 0 unspecified atom stereocenters. The van der Waals surface area contributed by atoms with Crippen LogP contribution in [0.2, 0.25) is 0 Å². The lowest BCUT2D eigenvalue weighted by Crippen LogP contribution is -2.39. The molecule has 2 N–H and O–H groups in total. The average Bonchev–Trinajstić information content (AvgIpc) is 2.59. The zero-order valence-electron chi connectivity index (χ0n) is 13.2. The zero-order chi connectivity index (χ0) is 15.6. The largest absolute Gasteiger partial charge is 0.355 e. The molecule has 0 aliphatic heterocycles. The van der Waals surface area contributed by atoms with Gasteiger partial charge in [-0.3, -0.25) is 4.99 Å². The molecular weight excluding hydrogens is 397 g/mol. The van der Waals surface area contributed by atoms with Gasteiger partial charge in [-0.2, -0.15) is 0 Å². The number of aliphatic imine (C=N–C) groups is 1. The van der Waals surface area contributed by atoms with Gasteiger partial charge in [0, 0.05) is 19.5 Å². The van der Waals surface area contributed by atoms with Gasteiger partial charge in [0.05, 0.1) is 6.54 Å². The molecule has 23 heavy (non-hydrogen) atoms. The number of nitrogens with one attached hydrogen (secondary N) is 2. The monoisotopic (exact) mass is 419 g/mol. The molecule has 2 aromatic carbocycles. The minimum Gasteiger partial charge on any atom is -0.355 e. The first-order valence-electron chi connectivity index (χ1n) is 7.33. The Morgan fingerprint density at radius 3 is 1.96 bits per heavy atom. The van der Waals surface area contributed by atoms with Crippen LogP contribution in [0.4, 0.5) is 0 Å². The number of hydrogen-bond donors (Lipinski definition) is 2. The molecule has 0 aromatic heterocycles. The average molecular weight is 419 g/mol. The second-order valence-corrected chi connectivity index (χ2v) is 4.88. The van der Waals surface area contributed by atoms with Gasteiger partial charge >= 0.3 is 0 Å². The van der Waals surface area contributed by atoms with Gasteiger partial charge in [-0.25, -0.2) is 0 Å². The molecule has 0 aliphatic carbocycles. The first kappa shape index (κ1) is 19.0. The van der Waals surface area contributed by atoms with E-state index in [9.17, 15) is 0 Å². The quantitative estimate of drug-likeness (QED) is 0.338. The van der Waals surface area contributed by atoms with Gasteiger partial charge < -0.3 is 10.6 Å². The zero-order valence-corrected chi connectivity index (χ0v) is 15.5. The van der Waals surface area contributed by atoms with Crippen LogP contribution in [0, 0.1) is 12.3 Å². The predicted molar refractivity (Wildman–Crippen MR) is 108 cm³/mol. The third-order valence-corrected chi connectivity index (χ3v) is 3.46. The number of benzene rings is 2. The molecule has 2 aromatic rings. The highest BCUT2D eigenvalue weighted by molar-refractivity contribution is 14.0. The Bertz CT molecular complexity index is 593. The Kier molecular flexibility index (Phi) is 8.85. The second kappa shape index (κ2) is 10.7. The molecule has 2 rings (SSSR count). The van der Waals surface area contributed by atoms with Crippen LogP contribution in [0.25, 0.3) is 0 Å². The van der Waals surface area contributed by atoms with Crippen molar-refractivity contribution in [2.75, 3.05) is 20.1 Å². The first-order chi connectivity index (χ1) is 10.8. The van der Waals surface area contributed by atoms with E-state index in [-0.39, 0.29) is 29.9 Å². The van der Waals surface area contributed by atoms with Crippen LogP contribution in [0.3, 0.4) is 0 Å². The summed E-state index contributed by atoms with van der Waals surface area (Å²) in [6, 6.07) is 20.9. The number of guanidine groups is 1. The molecule has 0 saturated carbocycles. The summed E-state index contributed by atoms with van der Waals surface area (Å²) < 4.78 is 0. The molecule has 3 nitrogen and oxygen atoms in total. The fourth-order valence-corrected chi connectivity index (χ4v) is 2.35. The van der Waals surface area contributed by atoms with Gasteiger partial charge in [-0.1, -0.05) is 66.6 Å². The summed E-state index contributed by atoms with van der Waals surface area (Å²) in [7, 11) is 1.74. The van der Waals surface area contributed by atoms with Gasteiger partial charge in [-0.05, 0) is 11.1 Å². The molecule has 0 bridgehead atoms. The van der Waals surface area contributed by atoms with Crippen molar-refractivity contribution in [3.05, 3.63) is 71.8 Å². The predicted octanol–water partition coefficient (Wildman–Crippen LogP) is 3.23. The molecule has 120 valence electrons. The molecular formula is C19H22IN3. The maximum atomic E-state index is 5.27. The molecule has 0 fully saturated rings. The van der Waals surface area contributed by atoms with E-state index >= 15 is 0 Å². The number of terminal acetylenes is 1. The number of rotatable bonds is 5. The summed E-state index contributed by atoms with van der Waals surface area (Å²) in [6.45, 7) is 1.21. The van der Waals surface area contributed by atoms with Crippen molar-refractivity contribution >= 4 is 29.9 Å². The first-order valence-corrected chi connectivity index (χ1v) is 7.33. The van der Waals surface area contributed by atoms with Crippen molar-refractivity contribution in [3.63, 3.8) is 0 Å². The molecule has 0 aliphatic rings. The maximum absolute atomic E-state index is 5.27. The van der Waals surface area contributed by atoms with Crippen molar-refractivity contribution in [2.45, 2.75) is 5.92 Å². The van der Waals surface area contributed by atoms with Crippen LogP contribution in [-0.4, -0.2) is 26.1 Å². The van der Waals surface area contributed by atoms with Crippen molar-refractivity contribution in [1.29, 1.82) is 0 Å². The lowest BCUT2D eigenvalue weighted by molar-refractivity contribution is 0.738. The third-order valence-electron chi connectivity index (χ3n) is 3.46. The Labute approximate surface area is 155 Å². The molecule has 0 radical (unpaired) electrons. The molecule has 4 heteroatoms. The van der Waals surface area contributed by atoms with E-state index in [1.807, 2.05) is 12.1 Å². The summed E-state index contributed by atoms with van der Waals surface area (Å²) in [6.07, 6.45) is 5.27. The summed E-state index contributed by atoms with van der Waals surface area (Å²) in [5, 5.41) is 6.42. The minimum atomic E-state index is 0. The molecule has 0 saturated heterocycles. The van der Waals surface area contributed by atoms with E-state index in [1.54, 1.807) is 7.05 Å². The van der Waals surface area contributed by atoms with Crippen LogP contribution in [0.15, 0.2) is 65.7 Å². The lowest BCUT2D eigenvalue weighted by atomic mass is 9.91. The van der Waals surface area contributed by atoms with Gasteiger partial charge in [-0.15, -0.1) is 30.4 Å². The number of halogens is 1. The molecule has 0 spiro atoms. The Hall–Kier alpha value is -2.00. The van der Waals surface area contributed by atoms with Gasteiger partial charge in [0.1, 0.15) is 0 Å². The van der Waals surface area contributed by atoms with Gasteiger partial charge in [0.15, 0.2) is 5.96 Å². The third kappa shape index (κ3) is 5.95. The molecule has 0 atom stereocenters. The highest BCUT2D eigenvalue weighted by Crippen LogP contribution is 2.23. The van der Waals surface area contributed by atoms with E-state index in [0.29, 0.717) is 6.54 Å². The van der Waals surface area contributed by atoms with Gasteiger partial charge in [0.25, 0.3) is 0 Å². The topological polar surface area (TPSA) is 36.4 Å². The van der Waals surface area contributed by atoms with Gasteiger partial charge in [0.2, 0.25) is 0 Å². The smallest absolute Gasteiger partial charge is 0.191 e. The van der Waals surface area contributed by atoms with Crippen LogP contribution in [-0.2, 0) is 0 Å². The Morgan fingerprint density at radius 2 is 1.52 bits per heavy atom. The fraction of sp³-hybridized carbons (Fsp3) is 0.211. The Morgan fingerprint density at radius 1 is 1.00 bits per heavy atom. The normalized spacial score (nSPS) is 10.6. The highest BCUT2D eigenvalue weighted by Gasteiger charge is 2.14. The minimum absolute atomic E-state index is 0. The summed E-state index contributed by atoms with van der Waals surface area (Å²) in [5.74, 6) is 3.53. The molecule has 0 heterocycles. The van der Waals surface area contributed by atoms with E-state index < -0.39 is 0 Å². The van der Waals surface area contributed by atoms with E-state index in [0.717, 1.165) is 12.5 Å². The maximum Gasteiger partial charge on any atom is 0.191 e. The fourth-order valence-electron chi connectivity index (χ4n) is 2.35. The van der Waals surface area contributed by atoms with Crippen LogP contribution in [0.1, 0.15) is 17.0 Å². The number of nitrogens with zero attached hydrogens (tertiary/aromatic N) is 1. The summed E-state index contributed by atoms with van der Waals surface area (Å²) in [5.41, 5.74) is 2.54. The van der Waals surface area contributed by atoms with E-state index in [4.69, 9.17) is 6.42 Å². The van der Waals surface area contributed by atoms with E-state index in [1.165, 1.54) is 11.1 Å². The SMILES string of the molecule is C#CCNC(=NC)NCC(c1ccccc1)c1ccccc1.I. The van der Waals surface area contributed by atoms with Crippen LogP contribution < -0.4 is 10.6 Å². The van der Waals surface area contributed by atoms with E-state index in [2.05, 4.69) is 70.1 Å². The Balaban J connectivity index is 0.00000264. The second-order valence-electron chi connectivity index (χ2n) is 4.88. The van der Waals surface area contributed by atoms with Crippen LogP contribution in [0.5, 0.6) is 0 Å². The molecule has 0 amide bonds. The summed E-state index contributed by atoms with van der Waals surface area (Å²) >= 11 is 0. The number of hydrogen-bond acceptors (Lipinski definition) is 1. The highest BCUT2D eigenvalue weighted by atomic mass is 127. The standard InChI is InChI=1S/C19H21N3.HI/c1-3-14-21-19(20-2)22-15-18(16-10-6-4-7-11-16)17-12-8-5-9-13-17;/h1,4-13,18H,14-15H2,2H3,(H2,20,21,22);1H. The van der Waals surface area contributed by atoms with Crippen molar-refractivity contribution in [2.24, 2.45) is 4.99 Å². The summed E-state index contributed by atoms with van der Waals surface area (Å²) in [4.78, 5) is 4.18. The lowest BCUT2D eigenvalue weighted by Gasteiger charge is -2.20. The van der Waals surface area contributed by atoms with Crippen LogP contribution >= 0.6 is 24.0 Å². The van der Waals surface area contributed by atoms with Crippen molar-refractivity contribution < 1.29 is 0 Å². The van der Waals surface area contributed by atoms with Crippen molar-refractivity contribution in [1.82, 2.24) is 10.6 Å².